The van der Waals surface area contributed by atoms with Crippen LogP contribution in [-0.4, -0.2) is 52.1 Å². The minimum Gasteiger partial charge on any atom is -0.481 e. The number of aliphatic hydroxyl groups excluding tert-OH is 1. The Morgan fingerprint density at radius 1 is 0.889 bits per heavy atom. The number of rotatable bonds is 15. The first-order valence-electron chi connectivity index (χ1n) is 10.9. The molecule has 0 aromatic carbocycles. The molecule has 0 heterocycles. The largest absolute Gasteiger partial charge is 0.481 e. The van der Waals surface area contributed by atoms with Gasteiger partial charge in [0.15, 0.2) is 0 Å². The highest BCUT2D eigenvalue weighted by atomic mass is 16.4. The van der Waals surface area contributed by atoms with Crippen molar-refractivity contribution in [3.63, 3.8) is 0 Å². The van der Waals surface area contributed by atoms with Gasteiger partial charge in [-0.25, -0.2) is 0 Å². The Labute approximate surface area is 168 Å². The van der Waals surface area contributed by atoms with Crippen molar-refractivity contribution in [3.05, 3.63) is 0 Å². The van der Waals surface area contributed by atoms with Gasteiger partial charge in [-0.3, -0.25) is 9.69 Å². The van der Waals surface area contributed by atoms with Gasteiger partial charge in [-0.15, -0.1) is 0 Å². The van der Waals surface area contributed by atoms with Crippen LogP contribution in [0.1, 0.15) is 105 Å². The molecule has 164 valence electrons. The van der Waals surface area contributed by atoms with Gasteiger partial charge in [-0.2, -0.15) is 0 Å². The summed E-state index contributed by atoms with van der Waals surface area (Å²) in [6.07, 6.45) is 12.8. The summed E-state index contributed by atoms with van der Waals surface area (Å²) in [7, 11) is 3.55. The van der Waals surface area contributed by atoms with Crippen molar-refractivity contribution >= 4 is 5.97 Å². The van der Waals surface area contributed by atoms with E-state index in [1.54, 1.807) is 25.9 Å². The van der Waals surface area contributed by atoms with E-state index in [1.165, 1.54) is 51.4 Å². The van der Waals surface area contributed by atoms with Crippen LogP contribution in [0.4, 0.5) is 0 Å². The topological polar surface area (TPSA) is 81.0 Å². The number of aliphatic hydroxyl groups is 2. The highest BCUT2D eigenvalue weighted by molar-refractivity contribution is 5.66. The smallest absolute Gasteiger partial charge is 0.303 e. The quantitative estimate of drug-likeness (QED) is 0.270. The van der Waals surface area contributed by atoms with Gasteiger partial charge >= 0.3 is 5.97 Å². The molecule has 5 nitrogen and oxygen atoms in total. The number of carboxylic acid groups (broad SMARTS) is 1. The van der Waals surface area contributed by atoms with E-state index in [1.807, 2.05) is 13.8 Å². The SMILES string of the molecule is CC(C)CC(O)(C(C)O)N(C)C.CCCCCCCCCCCCC(=O)O. The fraction of sp³-hybridized carbons (Fsp3) is 0.955. The summed E-state index contributed by atoms with van der Waals surface area (Å²) in [5, 5.41) is 27.8. The van der Waals surface area contributed by atoms with Crippen molar-refractivity contribution in [1.82, 2.24) is 4.90 Å². The molecule has 0 amide bonds. The van der Waals surface area contributed by atoms with Gasteiger partial charge in [0, 0.05) is 6.42 Å². The molecule has 0 saturated carbocycles. The lowest BCUT2D eigenvalue weighted by atomic mass is 9.95. The van der Waals surface area contributed by atoms with E-state index in [9.17, 15) is 15.0 Å². The van der Waals surface area contributed by atoms with E-state index in [0.29, 0.717) is 18.8 Å². The Bertz CT molecular complexity index is 335. The van der Waals surface area contributed by atoms with Crippen molar-refractivity contribution in [2.45, 2.75) is 117 Å². The van der Waals surface area contributed by atoms with Crippen LogP contribution in [0.15, 0.2) is 0 Å². The molecule has 0 fully saturated rings. The van der Waals surface area contributed by atoms with Crippen LogP contribution in [0.5, 0.6) is 0 Å². The van der Waals surface area contributed by atoms with Crippen LogP contribution >= 0.6 is 0 Å². The summed E-state index contributed by atoms with van der Waals surface area (Å²) in [6, 6.07) is 0. The van der Waals surface area contributed by atoms with E-state index < -0.39 is 17.8 Å². The first kappa shape index (κ1) is 28.6. The van der Waals surface area contributed by atoms with E-state index in [0.717, 1.165) is 12.8 Å². The standard InChI is InChI=1S/C13H26O2.C9H21NO2/c1-2-3-4-5-6-7-8-9-10-11-12-13(14)15;1-7(2)6-9(12,8(3)11)10(4)5/h2-12H2,1H3,(H,14,15);7-8,11-12H,6H2,1-5H3. The highest BCUT2D eigenvalue weighted by Gasteiger charge is 2.35. The van der Waals surface area contributed by atoms with Crippen molar-refractivity contribution in [1.29, 1.82) is 0 Å². The predicted molar refractivity (Wildman–Crippen MR) is 114 cm³/mol. The summed E-state index contributed by atoms with van der Waals surface area (Å²) < 4.78 is 0. The third kappa shape index (κ3) is 17.2. The van der Waals surface area contributed by atoms with Gasteiger partial charge in [0.05, 0.1) is 6.10 Å². The number of unbranched alkanes of at least 4 members (excludes halogenated alkanes) is 9. The number of aliphatic carboxylic acids is 1. The molecule has 5 heteroatoms. The molecule has 0 rings (SSSR count). The molecule has 0 aliphatic heterocycles. The zero-order valence-corrected chi connectivity index (χ0v) is 18.8. The maximum absolute atomic E-state index is 10.2. The van der Waals surface area contributed by atoms with E-state index in [4.69, 9.17) is 5.11 Å². The monoisotopic (exact) mass is 389 g/mol. The summed E-state index contributed by atoms with van der Waals surface area (Å²) in [4.78, 5) is 11.9. The lowest BCUT2D eigenvalue weighted by Crippen LogP contribution is -2.53. The fourth-order valence-corrected chi connectivity index (χ4v) is 3.09. The molecule has 0 aromatic heterocycles. The van der Waals surface area contributed by atoms with Gasteiger partial charge in [-0.1, -0.05) is 78.6 Å². The van der Waals surface area contributed by atoms with Gasteiger partial charge in [0.2, 0.25) is 0 Å². The normalized spacial score (nSPS) is 14.6. The van der Waals surface area contributed by atoms with Crippen LogP contribution in [0.3, 0.4) is 0 Å². The van der Waals surface area contributed by atoms with Gasteiger partial charge in [-0.05, 0) is 39.8 Å². The van der Waals surface area contributed by atoms with E-state index >= 15 is 0 Å². The van der Waals surface area contributed by atoms with Crippen LogP contribution in [-0.2, 0) is 4.79 Å². The third-order valence-corrected chi connectivity index (χ3v) is 4.90. The molecular formula is C22H47NO4. The number of nitrogens with zero attached hydrogens (tertiary/aromatic N) is 1. The molecular weight excluding hydrogens is 342 g/mol. The average Bonchev–Trinajstić information content (AvgIpc) is 2.56. The zero-order valence-electron chi connectivity index (χ0n) is 18.8. The summed E-state index contributed by atoms with van der Waals surface area (Å²) in [5.41, 5.74) is -1.09. The molecule has 0 radical (unpaired) electrons. The second-order valence-corrected chi connectivity index (χ2v) is 8.37. The molecule has 3 N–H and O–H groups in total. The van der Waals surface area contributed by atoms with Crippen LogP contribution in [0.25, 0.3) is 0 Å². The molecule has 2 atom stereocenters. The van der Waals surface area contributed by atoms with Crippen LogP contribution in [0.2, 0.25) is 0 Å². The Morgan fingerprint density at radius 2 is 1.30 bits per heavy atom. The van der Waals surface area contributed by atoms with Crippen molar-refractivity contribution in [2.75, 3.05) is 14.1 Å². The van der Waals surface area contributed by atoms with Gasteiger partial charge in [0.25, 0.3) is 0 Å². The Kier molecular flexibility index (Phi) is 18.5. The maximum Gasteiger partial charge on any atom is 0.303 e. The van der Waals surface area contributed by atoms with E-state index in [2.05, 4.69) is 6.92 Å². The number of hydrogen-bond donors (Lipinski definition) is 3. The number of likely N-dealkylation sites (N-methyl/N-ethyl adjacent to an activating group) is 1. The average molecular weight is 390 g/mol. The lowest BCUT2D eigenvalue weighted by molar-refractivity contribution is -0.165. The number of hydrogen-bond acceptors (Lipinski definition) is 4. The van der Waals surface area contributed by atoms with Crippen molar-refractivity contribution < 1.29 is 20.1 Å². The first-order chi connectivity index (χ1) is 12.6. The minimum atomic E-state index is -1.09. The second-order valence-electron chi connectivity index (χ2n) is 8.37. The van der Waals surface area contributed by atoms with E-state index in [-0.39, 0.29) is 0 Å². The minimum absolute atomic E-state index is 0.344. The fourth-order valence-electron chi connectivity index (χ4n) is 3.09. The molecule has 2 unspecified atom stereocenters. The Balaban J connectivity index is 0. The Hall–Kier alpha value is -0.650. The molecule has 0 aromatic rings. The second kappa shape index (κ2) is 17.4. The number of carbonyl (C=O) groups is 1. The predicted octanol–water partition coefficient (Wildman–Crippen LogP) is 5.05. The Morgan fingerprint density at radius 3 is 1.56 bits per heavy atom. The van der Waals surface area contributed by atoms with Crippen molar-refractivity contribution in [3.8, 4) is 0 Å². The summed E-state index contributed by atoms with van der Waals surface area (Å²) in [6.45, 7) is 7.90. The van der Waals surface area contributed by atoms with Gasteiger partial charge in [0.1, 0.15) is 5.72 Å². The molecule has 0 saturated heterocycles. The maximum atomic E-state index is 10.2. The summed E-state index contributed by atoms with van der Waals surface area (Å²) in [5.74, 6) is -0.290. The third-order valence-electron chi connectivity index (χ3n) is 4.90. The molecule has 0 aliphatic rings. The highest BCUT2D eigenvalue weighted by Crippen LogP contribution is 2.22. The van der Waals surface area contributed by atoms with Crippen molar-refractivity contribution in [2.24, 2.45) is 5.92 Å². The molecule has 27 heavy (non-hydrogen) atoms. The first-order valence-corrected chi connectivity index (χ1v) is 10.9. The van der Waals surface area contributed by atoms with Gasteiger partial charge < -0.3 is 15.3 Å². The van der Waals surface area contributed by atoms with Crippen LogP contribution in [0, 0.1) is 5.92 Å². The summed E-state index contributed by atoms with van der Waals surface area (Å²) >= 11 is 0. The van der Waals surface area contributed by atoms with Crippen LogP contribution < -0.4 is 0 Å². The lowest BCUT2D eigenvalue weighted by Gasteiger charge is -2.38. The molecule has 0 spiro atoms. The molecule has 0 aliphatic carbocycles. The molecule has 0 bridgehead atoms. The number of carboxylic acids is 1. The zero-order chi connectivity index (χ0) is 21.3.